The maximum absolute atomic E-state index is 11.8. The van der Waals surface area contributed by atoms with Crippen molar-refractivity contribution < 1.29 is 4.79 Å². The Labute approximate surface area is 162 Å². The first-order valence-corrected chi connectivity index (χ1v) is 10.6. The number of carbonyl (C=O) groups excluding carboxylic acids is 1. The molecule has 6 heteroatoms. The summed E-state index contributed by atoms with van der Waals surface area (Å²) >= 11 is 2.07. The van der Waals surface area contributed by atoms with Gasteiger partial charge >= 0.3 is 0 Å². The number of hydrogen-bond acceptors (Lipinski definition) is 3. The normalized spacial score (nSPS) is 18.1. The van der Waals surface area contributed by atoms with Crippen LogP contribution < -0.4 is 10.6 Å². The second-order valence-corrected chi connectivity index (χ2v) is 8.17. The van der Waals surface area contributed by atoms with E-state index in [1.165, 1.54) is 0 Å². The lowest BCUT2D eigenvalue weighted by Gasteiger charge is -2.36. The van der Waals surface area contributed by atoms with E-state index in [1.54, 1.807) is 0 Å². The summed E-state index contributed by atoms with van der Waals surface area (Å²) in [7, 11) is 0. The molecule has 0 spiro atoms. The van der Waals surface area contributed by atoms with Crippen LogP contribution in [0.15, 0.2) is 29.3 Å². The average Bonchev–Trinajstić information content (AvgIpc) is 2.66. The Hall–Kier alpha value is -1.69. The zero-order chi connectivity index (χ0) is 18.9. The Morgan fingerprint density at radius 3 is 2.54 bits per heavy atom. The van der Waals surface area contributed by atoms with Crippen molar-refractivity contribution in [3.63, 3.8) is 0 Å². The molecule has 1 aromatic carbocycles. The molecule has 26 heavy (non-hydrogen) atoms. The van der Waals surface area contributed by atoms with Crippen LogP contribution in [-0.2, 0) is 6.54 Å². The molecule has 0 saturated carbocycles. The fraction of sp³-hybridized carbons (Fsp3) is 0.600. The van der Waals surface area contributed by atoms with Crippen LogP contribution in [-0.4, -0.2) is 53.9 Å². The fourth-order valence-corrected chi connectivity index (χ4v) is 4.19. The van der Waals surface area contributed by atoms with Gasteiger partial charge < -0.3 is 15.5 Å². The Bertz CT molecular complexity index is 600. The monoisotopic (exact) mass is 376 g/mol. The van der Waals surface area contributed by atoms with Gasteiger partial charge in [0.1, 0.15) is 0 Å². The first kappa shape index (κ1) is 20.6. The molecule has 0 aliphatic carbocycles. The third kappa shape index (κ3) is 5.94. The summed E-state index contributed by atoms with van der Waals surface area (Å²) in [4.78, 5) is 19.1. The summed E-state index contributed by atoms with van der Waals surface area (Å²) in [6, 6.07) is 7.71. The van der Waals surface area contributed by atoms with Crippen molar-refractivity contribution in [1.82, 2.24) is 15.5 Å². The molecule has 0 radical (unpaired) electrons. The van der Waals surface area contributed by atoms with E-state index in [0.29, 0.717) is 29.8 Å². The summed E-state index contributed by atoms with van der Waals surface area (Å²) in [6.45, 7) is 12.8. The highest BCUT2D eigenvalue weighted by Crippen LogP contribution is 2.25. The number of amides is 1. The van der Waals surface area contributed by atoms with Gasteiger partial charge in [-0.2, -0.15) is 11.8 Å². The molecular weight excluding hydrogens is 344 g/mol. The number of aliphatic imine (C=N–C) groups is 1. The zero-order valence-electron chi connectivity index (χ0n) is 16.4. The molecule has 1 unspecified atom stereocenters. The van der Waals surface area contributed by atoms with Gasteiger partial charge in [0.05, 0.1) is 6.54 Å². The number of hydrogen-bond donors (Lipinski definition) is 2. The minimum absolute atomic E-state index is 0.0265. The van der Waals surface area contributed by atoms with Crippen LogP contribution in [0.3, 0.4) is 0 Å². The van der Waals surface area contributed by atoms with E-state index in [2.05, 4.69) is 48.1 Å². The molecular formula is C20H32N4OS. The molecule has 1 saturated heterocycles. The van der Waals surface area contributed by atoms with Gasteiger partial charge in [0.2, 0.25) is 0 Å². The summed E-state index contributed by atoms with van der Waals surface area (Å²) in [6.07, 6.45) is 0. The van der Waals surface area contributed by atoms with Crippen LogP contribution in [0, 0.1) is 5.92 Å². The molecule has 1 aliphatic rings. The van der Waals surface area contributed by atoms with Gasteiger partial charge in [0.25, 0.3) is 5.91 Å². The lowest BCUT2D eigenvalue weighted by molar-refractivity contribution is 0.0956. The Morgan fingerprint density at radius 2 is 1.92 bits per heavy atom. The van der Waals surface area contributed by atoms with E-state index < -0.39 is 0 Å². The molecule has 2 rings (SSSR count). The molecule has 1 atom stereocenters. The van der Waals surface area contributed by atoms with Gasteiger partial charge in [0.15, 0.2) is 5.96 Å². The Morgan fingerprint density at radius 1 is 1.23 bits per heavy atom. The number of rotatable bonds is 6. The minimum Gasteiger partial charge on any atom is -0.357 e. The topological polar surface area (TPSA) is 56.7 Å². The lowest BCUT2D eigenvalue weighted by atomic mass is 10.1. The first-order chi connectivity index (χ1) is 12.5. The summed E-state index contributed by atoms with van der Waals surface area (Å²) in [5.74, 6) is 2.79. The zero-order valence-corrected chi connectivity index (χ0v) is 17.2. The second-order valence-electron chi connectivity index (χ2n) is 6.83. The van der Waals surface area contributed by atoms with E-state index >= 15 is 0 Å². The van der Waals surface area contributed by atoms with E-state index in [4.69, 9.17) is 4.99 Å². The first-order valence-electron chi connectivity index (χ1n) is 9.57. The SMILES string of the molecule is CCNC(=O)c1ccc(CN=C(NCC)N2CCSC(C(C)C)C2)cc1. The molecule has 1 aromatic rings. The number of guanidine groups is 1. The number of nitrogens with zero attached hydrogens (tertiary/aromatic N) is 2. The number of benzene rings is 1. The highest BCUT2D eigenvalue weighted by atomic mass is 32.2. The molecule has 1 aliphatic heterocycles. The largest absolute Gasteiger partial charge is 0.357 e. The Kier molecular flexibility index (Phi) is 8.29. The van der Waals surface area contributed by atoms with E-state index in [0.717, 1.165) is 36.9 Å². The van der Waals surface area contributed by atoms with Crippen molar-refractivity contribution in [2.75, 3.05) is 31.9 Å². The molecule has 1 heterocycles. The molecule has 1 amide bonds. The quantitative estimate of drug-likeness (QED) is 0.592. The minimum atomic E-state index is -0.0265. The van der Waals surface area contributed by atoms with E-state index in [1.807, 2.05) is 31.2 Å². The molecule has 2 N–H and O–H groups in total. The average molecular weight is 377 g/mol. The van der Waals surface area contributed by atoms with Gasteiger partial charge in [0, 0.05) is 42.7 Å². The number of thioether (sulfide) groups is 1. The predicted molar refractivity (Wildman–Crippen MR) is 112 cm³/mol. The standard InChI is InChI=1S/C20H32N4OS/c1-5-21-19(25)17-9-7-16(8-10-17)13-23-20(22-6-2)24-11-12-26-18(14-24)15(3)4/h7-10,15,18H,5-6,11-14H2,1-4H3,(H,21,25)(H,22,23). The molecule has 0 aromatic heterocycles. The van der Waals surface area contributed by atoms with Gasteiger partial charge in [-0.25, -0.2) is 4.99 Å². The van der Waals surface area contributed by atoms with Crippen LogP contribution in [0.2, 0.25) is 0 Å². The fourth-order valence-electron chi connectivity index (χ4n) is 2.89. The summed E-state index contributed by atoms with van der Waals surface area (Å²) in [5, 5.41) is 6.91. The van der Waals surface area contributed by atoms with E-state index in [-0.39, 0.29) is 5.91 Å². The third-order valence-electron chi connectivity index (χ3n) is 4.44. The highest BCUT2D eigenvalue weighted by molar-refractivity contribution is 8.00. The second kappa shape index (κ2) is 10.5. The van der Waals surface area contributed by atoms with Crippen molar-refractivity contribution in [2.45, 2.75) is 39.5 Å². The van der Waals surface area contributed by atoms with Crippen LogP contribution >= 0.6 is 11.8 Å². The lowest BCUT2D eigenvalue weighted by Crippen LogP contribution is -2.49. The van der Waals surface area contributed by atoms with Gasteiger partial charge in [-0.1, -0.05) is 26.0 Å². The van der Waals surface area contributed by atoms with Crippen LogP contribution in [0.4, 0.5) is 0 Å². The van der Waals surface area contributed by atoms with Crippen molar-refractivity contribution in [2.24, 2.45) is 10.9 Å². The molecule has 0 bridgehead atoms. The van der Waals surface area contributed by atoms with Crippen molar-refractivity contribution >= 4 is 23.6 Å². The van der Waals surface area contributed by atoms with Crippen molar-refractivity contribution in [3.05, 3.63) is 35.4 Å². The van der Waals surface area contributed by atoms with Gasteiger partial charge in [-0.05, 0) is 37.5 Å². The predicted octanol–water partition coefficient (Wildman–Crippen LogP) is 2.98. The summed E-state index contributed by atoms with van der Waals surface area (Å²) < 4.78 is 0. The maximum atomic E-state index is 11.8. The third-order valence-corrected chi connectivity index (χ3v) is 5.98. The van der Waals surface area contributed by atoms with Crippen molar-refractivity contribution in [1.29, 1.82) is 0 Å². The smallest absolute Gasteiger partial charge is 0.251 e. The van der Waals surface area contributed by atoms with Gasteiger partial charge in [-0.15, -0.1) is 0 Å². The van der Waals surface area contributed by atoms with Crippen molar-refractivity contribution in [3.8, 4) is 0 Å². The van der Waals surface area contributed by atoms with Crippen LogP contribution in [0.25, 0.3) is 0 Å². The molecule has 1 fully saturated rings. The number of carbonyl (C=O) groups is 1. The summed E-state index contributed by atoms with van der Waals surface area (Å²) in [5.41, 5.74) is 1.81. The molecule has 5 nitrogen and oxygen atoms in total. The van der Waals surface area contributed by atoms with Crippen LogP contribution in [0.1, 0.15) is 43.6 Å². The maximum Gasteiger partial charge on any atom is 0.251 e. The Balaban J connectivity index is 2.03. The van der Waals surface area contributed by atoms with Gasteiger partial charge in [-0.3, -0.25) is 4.79 Å². The molecule has 144 valence electrons. The highest BCUT2D eigenvalue weighted by Gasteiger charge is 2.24. The van der Waals surface area contributed by atoms with E-state index in [9.17, 15) is 4.79 Å². The number of nitrogens with one attached hydrogen (secondary N) is 2. The van der Waals surface area contributed by atoms with Crippen LogP contribution in [0.5, 0.6) is 0 Å².